The zero-order valence-electron chi connectivity index (χ0n) is 16.5. The maximum atomic E-state index is 13.0. The number of nitrogens with zero attached hydrogens (tertiary/aromatic N) is 1. The topological polar surface area (TPSA) is 66.5 Å². The van der Waals surface area contributed by atoms with E-state index in [1.807, 2.05) is 12.1 Å². The molecule has 1 amide bonds. The number of rotatable bonds is 4. The van der Waals surface area contributed by atoms with Crippen LogP contribution in [-0.2, 0) is 21.2 Å². The molecule has 1 N–H and O–H groups in total. The van der Waals surface area contributed by atoms with Gasteiger partial charge in [-0.15, -0.1) is 0 Å². The summed E-state index contributed by atoms with van der Waals surface area (Å²) in [5.74, 6) is -0.185. The van der Waals surface area contributed by atoms with Crippen LogP contribution in [0.1, 0.15) is 42.9 Å². The summed E-state index contributed by atoms with van der Waals surface area (Å²) >= 11 is 12.1. The maximum absolute atomic E-state index is 13.0. The van der Waals surface area contributed by atoms with Gasteiger partial charge >= 0.3 is 0 Å². The molecule has 4 rings (SSSR count). The average molecular weight is 467 g/mol. The van der Waals surface area contributed by atoms with Crippen molar-refractivity contribution in [3.8, 4) is 0 Å². The average Bonchev–Trinajstić information content (AvgIpc) is 2.75. The van der Waals surface area contributed by atoms with Crippen molar-refractivity contribution in [1.82, 2.24) is 9.62 Å². The first kappa shape index (κ1) is 21.6. The molecule has 0 spiro atoms. The van der Waals surface area contributed by atoms with Gasteiger partial charge < -0.3 is 5.32 Å². The standard InChI is InChI=1S/C22H24Cl2N2O3S/c23-17-8-9-19(24)21(14-17)30(28,29)26-12-10-16(11-13-26)22(27)25-20-7-3-5-15-4-1-2-6-18(15)20/h1-2,4,6,8-9,14,16,20H,3,5,7,10-13H2,(H,25,27)/t20-/m0/s1. The SMILES string of the molecule is O=C(N[C@H]1CCCc2ccccc21)C1CCN(S(=O)(=O)c2cc(Cl)ccc2Cl)CC1. The molecule has 2 aromatic rings. The summed E-state index contributed by atoms with van der Waals surface area (Å²) in [4.78, 5) is 12.9. The number of piperidine rings is 1. The Labute approximate surface area is 187 Å². The molecular formula is C22H24Cl2N2O3S. The van der Waals surface area contributed by atoms with Crippen LogP contribution in [0, 0.1) is 5.92 Å². The molecule has 2 aromatic carbocycles. The van der Waals surface area contributed by atoms with E-state index in [9.17, 15) is 13.2 Å². The number of halogens is 2. The van der Waals surface area contributed by atoms with E-state index < -0.39 is 10.0 Å². The molecule has 1 heterocycles. The van der Waals surface area contributed by atoms with Crippen LogP contribution < -0.4 is 5.32 Å². The Morgan fingerprint density at radius 2 is 1.77 bits per heavy atom. The van der Waals surface area contributed by atoms with Crippen LogP contribution in [0.15, 0.2) is 47.4 Å². The Hall–Kier alpha value is -1.60. The van der Waals surface area contributed by atoms with Crippen molar-refractivity contribution in [3.63, 3.8) is 0 Å². The van der Waals surface area contributed by atoms with E-state index in [-0.39, 0.29) is 40.9 Å². The minimum absolute atomic E-state index is 0.00883. The van der Waals surface area contributed by atoms with Crippen LogP contribution >= 0.6 is 23.2 Å². The molecule has 0 radical (unpaired) electrons. The first-order chi connectivity index (χ1) is 14.4. The predicted octanol–water partition coefficient (Wildman–Crippen LogP) is 4.59. The fourth-order valence-electron chi connectivity index (χ4n) is 4.37. The quantitative estimate of drug-likeness (QED) is 0.716. The molecule has 1 atom stereocenters. The van der Waals surface area contributed by atoms with Gasteiger partial charge in [0.1, 0.15) is 4.90 Å². The Balaban J connectivity index is 1.40. The van der Waals surface area contributed by atoms with Crippen molar-refractivity contribution in [3.05, 3.63) is 63.6 Å². The van der Waals surface area contributed by atoms with Gasteiger partial charge in [-0.2, -0.15) is 4.31 Å². The lowest BCUT2D eigenvalue weighted by Crippen LogP contribution is -2.44. The summed E-state index contributed by atoms with van der Waals surface area (Å²) in [5.41, 5.74) is 2.50. The number of amides is 1. The van der Waals surface area contributed by atoms with E-state index in [4.69, 9.17) is 23.2 Å². The number of hydrogen-bond acceptors (Lipinski definition) is 3. The van der Waals surface area contributed by atoms with Crippen LogP contribution in [0.4, 0.5) is 0 Å². The van der Waals surface area contributed by atoms with Gasteiger partial charge in [-0.25, -0.2) is 8.42 Å². The summed E-state index contributed by atoms with van der Waals surface area (Å²) in [5, 5.41) is 3.67. The zero-order chi connectivity index (χ0) is 21.3. The lowest BCUT2D eigenvalue weighted by molar-refractivity contribution is -0.127. The third kappa shape index (κ3) is 4.37. The van der Waals surface area contributed by atoms with E-state index >= 15 is 0 Å². The molecular weight excluding hydrogens is 443 g/mol. The van der Waals surface area contributed by atoms with Crippen molar-refractivity contribution in [2.75, 3.05) is 13.1 Å². The molecule has 0 aromatic heterocycles. The Bertz CT molecular complexity index is 1050. The number of benzene rings is 2. The second-order valence-electron chi connectivity index (χ2n) is 7.91. The van der Waals surface area contributed by atoms with Crippen LogP contribution in [0.25, 0.3) is 0 Å². The molecule has 0 unspecified atom stereocenters. The largest absolute Gasteiger partial charge is 0.349 e. The van der Waals surface area contributed by atoms with Gasteiger partial charge in [-0.1, -0.05) is 47.5 Å². The number of hydrogen-bond donors (Lipinski definition) is 1. The second kappa shape index (κ2) is 8.87. The third-order valence-corrected chi connectivity index (χ3v) is 8.64. The van der Waals surface area contributed by atoms with E-state index in [0.29, 0.717) is 17.9 Å². The van der Waals surface area contributed by atoms with Crippen molar-refractivity contribution >= 4 is 39.1 Å². The molecule has 1 fully saturated rings. The smallest absolute Gasteiger partial charge is 0.244 e. The Morgan fingerprint density at radius 1 is 1.03 bits per heavy atom. The van der Waals surface area contributed by atoms with Gasteiger partial charge in [0, 0.05) is 24.0 Å². The van der Waals surface area contributed by atoms with E-state index in [1.54, 1.807) is 6.07 Å². The van der Waals surface area contributed by atoms with Gasteiger partial charge in [0.25, 0.3) is 0 Å². The normalized spacial score (nSPS) is 20.5. The zero-order valence-corrected chi connectivity index (χ0v) is 18.8. The first-order valence-corrected chi connectivity index (χ1v) is 12.4. The maximum Gasteiger partial charge on any atom is 0.244 e. The van der Waals surface area contributed by atoms with Gasteiger partial charge in [0.2, 0.25) is 15.9 Å². The lowest BCUT2D eigenvalue weighted by atomic mass is 9.87. The third-order valence-electron chi connectivity index (χ3n) is 6.02. The van der Waals surface area contributed by atoms with Crippen molar-refractivity contribution in [2.24, 2.45) is 5.92 Å². The van der Waals surface area contributed by atoms with Crippen molar-refractivity contribution in [2.45, 2.75) is 43.0 Å². The number of fused-ring (bicyclic) bond motifs is 1. The van der Waals surface area contributed by atoms with Crippen molar-refractivity contribution < 1.29 is 13.2 Å². The van der Waals surface area contributed by atoms with E-state index in [2.05, 4.69) is 17.4 Å². The summed E-state index contributed by atoms with van der Waals surface area (Å²) in [7, 11) is -3.75. The second-order valence-corrected chi connectivity index (χ2v) is 10.7. The Morgan fingerprint density at radius 3 is 2.53 bits per heavy atom. The molecule has 1 aliphatic heterocycles. The molecule has 0 bridgehead atoms. The number of carbonyl (C=O) groups is 1. The summed E-state index contributed by atoms with van der Waals surface area (Å²) in [6, 6.07) is 12.7. The molecule has 8 heteroatoms. The van der Waals surface area contributed by atoms with Gasteiger partial charge in [-0.3, -0.25) is 4.79 Å². The van der Waals surface area contributed by atoms with Crippen LogP contribution in [0.5, 0.6) is 0 Å². The van der Waals surface area contributed by atoms with E-state index in [1.165, 1.54) is 27.6 Å². The summed E-state index contributed by atoms with van der Waals surface area (Å²) in [6.45, 7) is 0.565. The summed E-state index contributed by atoms with van der Waals surface area (Å²) in [6.07, 6.45) is 4.00. The highest BCUT2D eigenvalue weighted by atomic mass is 35.5. The van der Waals surface area contributed by atoms with Crippen LogP contribution in [0.3, 0.4) is 0 Å². The highest BCUT2D eigenvalue weighted by Crippen LogP contribution is 2.32. The molecule has 160 valence electrons. The monoisotopic (exact) mass is 466 g/mol. The number of carbonyl (C=O) groups excluding carboxylic acids is 1. The fourth-order valence-corrected chi connectivity index (χ4v) is 6.57. The molecule has 5 nitrogen and oxygen atoms in total. The number of nitrogens with one attached hydrogen (secondary N) is 1. The Kier molecular flexibility index (Phi) is 6.39. The van der Waals surface area contributed by atoms with Crippen LogP contribution in [0.2, 0.25) is 10.0 Å². The first-order valence-electron chi connectivity index (χ1n) is 10.2. The van der Waals surface area contributed by atoms with Crippen LogP contribution in [-0.4, -0.2) is 31.7 Å². The molecule has 0 saturated carbocycles. The number of sulfonamides is 1. The summed E-state index contributed by atoms with van der Waals surface area (Å²) < 4.78 is 27.3. The van der Waals surface area contributed by atoms with Gasteiger partial charge in [-0.05, 0) is 61.4 Å². The molecule has 1 saturated heterocycles. The van der Waals surface area contributed by atoms with Crippen molar-refractivity contribution in [1.29, 1.82) is 0 Å². The lowest BCUT2D eigenvalue weighted by Gasteiger charge is -2.33. The molecule has 2 aliphatic rings. The highest BCUT2D eigenvalue weighted by molar-refractivity contribution is 7.89. The number of aryl methyl sites for hydroxylation is 1. The minimum atomic E-state index is -3.75. The molecule has 30 heavy (non-hydrogen) atoms. The highest BCUT2D eigenvalue weighted by Gasteiger charge is 2.34. The minimum Gasteiger partial charge on any atom is -0.349 e. The molecule has 1 aliphatic carbocycles. The predicted molar refractivity (Wildman–Crippen MR) is 118 cm³/mol. The van der Waals surface area contributed by atoms with Gasteiger partial charge in [0.05, 0.1) is 11.1 Å². The van der Waals surface area contributed by atoms with Gasteiger partial charge in [0.15, 0.2) is 0 Å². The fraction of sp³-hybridized carbons (Fsp3) is 0.409. The van der Waals surface area contributed by atoms with E-state index in [0.717, 1.165) is 19.3 Å².